The number of carbonyl (C=O) groups is 1. The van der Waals surface area contributed by atoms with Gasteiger partial charge in [0.15, 0.2) is 5.78 Å². The number of benzene rings is 1. The summed E-state index contributed by atoms with van der Waals surface area (Å²) < 4.78 is 5.23. The Morgan fingerprint density at radius 3 is 2.64 bits per heavy atom. The SMILES string of the molecule is CNCC(=O)COc1ccc(Cl)cc1. The van der Waals surface area contributed by atoms with Crippen LogP contribution in [0.5, 0.6) is 5.75 Å². The number of rotatable bonds is 5. The van der Waals surface area contributed by atoms with E-state index in [2.05, 4.69) is 5.32 Å². The zero-order valence-corrected chi connectivity index (χ0v) is 8.67. The molecule has 1 aromatic rings. The fourth-order valence-electron chi connectivity index (χ4n) is 0.943. The van der Waals surface area contributed by atoms with E-state index in [1.807, 2.05) is 0 Å². The lowest BCUT2D eigenvalue weighted by molar-refractivity contribution is -0.120. The lowest BCUT2D eigenvalue weighted by Gasteiger charge is -2.04. The zero-order valence-electron chi connectivity index (χ0n) is 7.92. The highest BCUT2D eigenvalue weighted by atomic mass is 35.5. The molecule has 0 aliphatic carbocycles. The van der Waals surface area contributed by atoms with Crippen LogP contribution in [0.4, 0.5) is 0 Å². The molecule has 0 bridgehead atoms. The van der Waals surface area contributed by atoms with Crippen LogP contribution in [-0.2, 0) is 4.79 Å². The molecule has 0 amide bonds. The first-order valence-corrected chi connectivity index (χ1v) is 4.65. The third kappa shape index (κ3) is 3.77. The highest BCUT2D eigenvalue weighted by Gasteiger charge is 2.00. The predicted octanol–water partition coefficient (Wildman–Crippen LogP) is 1.51. The Labute approximate surface area is 88.0 Å². The van der Waals surface area contributed by atoms with Gasteiger partial charge >= 0.3 is 0 Å². The molecule has 1 N–H and O–H groups in total. The van der Waals surface area contributed by atoms with Gasteiger partial charge in [-0.05, 0) is 31.3 Å². The average molecular weight is 214 g/mol. The topological polar surface area (TPSA) is 38.3 Å². The molecular formula is C10H12ClNO2. The first-order chi connectivity index (χ1) is 6.72. The maximum absolute atomic E-state index is 11.1. The third-order valence-electron chi connectivity index (χ3n) is 1.59. The summed E-state index contributed by atoms with van der Waals surface area (Å²) in [6, 6.07) is 6.91. The van der Waals surface area contributed by atoms with E-state index in [0.29, 0.717) is 17.3 Å². The molecule has 0 radical (unpaired) electrons. The molecule has 0 unspecified atom stereocenters. The maximum Gasteiger partial charge on any atom is 0.183 e. The number of ether oxygens (including phenoxy) is 1. The lowest BCUT2D eigenvalue weighted by atomic mass is 10.3. The number of carbonyl (C=O) groups excluding carboxylic acids is 1. The van der Waals surface area contributed by atoms with Crippen molar-refractivity contribution in [2.24, 2.45) is 0 Å². The number of Topliss-reactive ketones (excluding diaryl/α,β-unsaturated/α-hetero) is 1. The fourth-order valence-corrected chi connectivity index (χ4v) is 1.07. The molecule has 0 spiro atoms. The summed E-state index contributed by atoms with van der Waals surface area (Å²) in [6.07, 6.45) is 0. The highest BCUT2D eigenvalue weighted by molar-refractivity contribution is 6.30. The average Bonchev–Trinajstić information content (AvgIpc) is 2.17. The van der Waals surface area contributed by atoms with Crippen molar-refractivity contribution >= 4 is 17.4 Å². The van der Waals surface area contributed by atoms with Crippen molar-refractivity contribution in [2.75, 3.05) is 20.2 Å². The molecule has 0 heterocycles. The molecule has 0 fully saturated rings. The van der Waals surface area contributed by atoms with Crippen LogP contribution in [0.25, 0.3) is 0 Å². The Kier molecular flexibility index (Phi) is 4.43. The smallest absolute Gasteiger partial charge is 0.183 e. The Hall–Kier alpha value is -1.06. The molecule has 0 saturated heterocycles. The Bertz CT molecular complexity index is 297. The Morgan fingerprint density at radius 2 is 2.07 bits per heavy atom. The lowest BCUT2D eigenvalue weighted by Crippen LogP contribution is -2.23. The normalized spacial score (nSPS) is 9.86. The first kappa shape index (κ1) is 11.0. The Morgan fingerprint density at radius 1 is 1.43 bits per heavy atom. The van der Waals surface area contributed by atoms with Crippen molar-refractivity contribution in [1.29, 1.82) is 0 Å². The van der Waals surface area contributed by atoms with Crippen molar-refractivity contribution in [2.45, 2.75) is 0 Å². The largest absolute Gasteiger partial charge is 0.486 e. The van der Waals surface area contributed by atoms with E-state index in [-0.39, 0.29) is 12.4 Å². The number of nitrogens with one attached hydrogen (secondary N) is 1. The molecule has 4 heteroatoms. The predicted molar refractivity (Wildman–Crippen MR) is 55.9 cm³/mol. The molecule has 0 aliphatic heterocycles. The summed E-state index contributed by atoms with van der Waals surface area (Å²) in [5.74, 6) is 0.668. The summed E-state index contributed by atoms with van der Waals surface area (Å²) >= 11 is 5.69. The molecule has 0 aromatic heterocycles. The van der Waals surface area contributed by atoms with Crippen LogP contribution in [0.1, 0.15) is 0 Å². The molecule has 76 valence electrons. The molecule has 1 aromatic carbocycles. The number of hydrogen-bond donors (Lipinski definition) is 1. The quantitative estimate of drug-likeness (QED) is 0.806. The molecule has 0 aliphatic rings. The fraction of sp³-hybridized carbons (Fsp3) is 0.300. The van der Waals surface area contributed by atoms with E-state index in [4.69, 9.17) is 16.3 Å². The summed E-state index contributed by atoms with van der Waals surface area (Å²) in [4.78, 5) is 11.1. The van der Waals surface area contributed by atoms with Gasteiger partial charge in [0.2, 0.25) is 0 Å². The van der Waals surface area contributed by atoms with Gasteiger partial charge in [0.25, 0.3) is 0 Å². The van der Waals surface area contributed by atoms with Crippen molar-refractivity contribution < 1.29 is 9.53 Å². The van der Waals surface area contributed by atoms with E-state index in [1.165, 1.54) is 0 Å². The van der Waals surface area contributed by atoms with Crippen LogP contribution < -0.4 is 10.1 Å². The minimum Gasteiger partial charge on any atom is -0.486 e. The number of halogens is 1. The second-order valence-corrected chi connectivity index (χ2v) is 3.25. The van der Waals surface area contributed by atoms with Crippen molar-refractivity contribution in [3.8, 4) is 5.75 Å². The second-order valence-electron chi connectivity index (χ2n) is 2.81. The standard InChI is InChI=1S/C10H12ClNO2/c1-12-6-9(13)7-14-10-4-2-8(11)3-5-10/h2-5,12H,6-7H2,1H3. The molecule has 1 rings (SSSR count). The van der Waals surface area contributed by atoms with Gasteiger partial charge in [-0.25, -0.2) is 0 Å². The molecule has 0 atom stereocenters. The van der Waals surface area contributed by atoms with Crippen molar-refractivity contribution in [1.82, 2.24) is 5.32 Å². The summed E-state index contributed by atoms with van der Waals surface area (Å²) in [6.45, 7) is 0.413. The second kappa shape index (κ2) is 5.62. The Balaban J connectivity index is 2.38. The molecular weight excluding hydrogens is 202 g/mol. The minimum absolute atomic E-state index is 0.0162. The van der Waals surface area contributed by atoms with Gasteiger partial charge in [-0.3, -0.25) is 4.79 Å². The van der Waals surface area contributed by atoms with Gasteiger partial charge in [-0.15, -0.1) is 0 Å². The highest BCUT2D eigenvalue weighted by Crippen LogP contribution is 2.15. The van der Waals surface area contributed by atoms with Crippen molar-refractivity contribution in [3.63, 3.8) is 0 Å². The van der Waals surface area contributed by atoms with Gasteiger partial charge in [-0.1, -0.05) is 11.6 Å². The van der Waals surface area contributed by atoms with Crippen LogP contribution in [0, 0.1) is 0 Å². The van der Waals surface area contributed by atoms with Crippen molar-refractivity contribution in [3.05, 3.63) is 29.3 Å². The van der Waals surface area contributed by atoms with E-state index >= 15 is 0 Å². The maximum atomic E-state index is 11.1. The monoisotopic (exact) mass is 213 g/mol. The third-order valence-corrected chi connectivity index (χ3v) is 1.84. The first-order valence-electron chi connectivity index (χ1n) is 4.27. The molecule has 14 heavy (non-hydrogen) atoms. The van der Waals surface area contributed by atoms with E-state index < -0.39 is 0 Å². The van der Waals surface area contributed by atoms with Gasteiger partial charge < -0.3 is 10.1 Å². The van der Waals surface area contributed by atoms with E-state index in [0.717, 1.165) is 0 Å². The number of likely N-dealkylation sites (N-methyl/N-ethyl adjacent to an activating group) is 1. The minimum atomic E-state index is 0.0162. The van der Waals surface area contributed by atoms with E-state index in [1.54, 1.807) is 31.3 Å². The van der Waals surface area contributed by atoms with Crippen LogP contribution in [0.2, 0.25) is 5.02 Å². The van der Waals surface area contributed by atoms with Crippen LogP contribution >= 0.6 is 11.6 Å². The van der Waals surface area contributed by atoms with E-state index in [9.17, 15) is 4.79 Å². The number of hydrogen-bond acceptors (Lipinski definition) is 3. The van der Waals surface area contributed by atoms with Crippen LogP contribution in [-0.4, -0.2) is 26.0 Å². The van der Waals surface area contributed by atoms with Gasteiger partial charge in [0.05, 0.1) is 6.54 Å². The van der Waals surface area contributed by atoms with Crippen LogP contribution in [0.3, 0.4) is 0 Å². The van der Waals surface area contributed by atoms with Gasteiger partial charge in [-0.2, -0.15) is 0 Å². The summed E-state index contributed by atoms with van der Waals surface area (Å²) in [5, 5.41) is 3.41. The summed E-state index contributed by atoms with van der Waals surface area (Å²) in [5.41, 5.74) is 0. The molecule has 0 saturated carbocycles. The molecule has 3 nitrogen and oxygen atoms in total. The zero-order chi connectivity index (χ0) is 10.4. The van der Waals surface area contributed by atoms with Crippen LogP contribution in [0.15, 0.2) is 24.3 Å². The van der Waals surface area contributed by atoms with Gasteiger partial charge in [0.1, 0.15) is 12.4 Å². The summed E-state index contributed by atoms with van der Waals surface area (Å²) in [7, 11) is 1.72. The number of ketones is 1. The van der Waals surface area contributed by atoms with Gasteiger partial charge in [0, 0.05) is 5.02 Å².